The van der Waals surface area contributed by atoms with E-state index in [2.05, 4.69) is 46.8 Å². The van der Waals surface area contributed by atoms with Gasteiger partial charge in [0.1, 0.15) is 23.4 Å². The molecule has 1 aliphatic rings. The molecule has 3 heteroatoms. The van der Waals surface area contributed by atoms with Gasteiger partial charge in [-0.1, -0.05) is 27.2 Å². The summed E-state index contributed by atoms with van der Waals surface area (Å²) in [4.78, 5) is 11.0. The normalized spacial score (nSPS) is 15.7. The largest absolute Gasteiger partial charge is 0.493 e. The quantitative estimate of drug-likeness (QED) is 0.534. The van der Waals surface area contributed by atoms with Crippen molar-refractivity contribution in [2.24, 2.45) is 5.92 Å². The third-order valence-corrected chi connectivity index (χ3v) is 4.03. The Labute approximate surface area is 139 Å². The van der Waals surface area contributed by atoms with Gasteiger partial charge < -0.3 is 14.3 Å². The summed E-state index contributed by atoms with van der Waals surface area (Å²) in [5.41, 5.74) is 2.95. The summed E-state index contributed by atoms with van der Waals surface area (Å²) >= 11 is 0. The van der Waals surface area contributed by atoms with Crippen LogP contribution in [0, 0.1) is 5.92 Å². The standard InChI is InChI=1S/C20H28O3/c1-6-7-10-22-18-12-19-16(11-15(18)8-9-21)17(14(2)3)13-20(4,5)23-19/h9,11-14H,6-8,10H2,1-5H3. The highest BCUT2D eigenvalue weighted by Crippen LogP contribution is 2.42. The Bertz CT molecular complexity index is 597. The molecule has 23 heavy (non-hydrogen) atoms. The van der Waals surface area contributed by atoms with Gasteiger partial charge >= 0.3 is 0 Å². The molecule has 2 rings (SSSR count). The summed E-state index contributed by atoms with van der Waals surface area (Å²) in [5.74, 6) is 2.01. The van der Waals surface area contributed by atoms with Crippen LogP contribution in [-0.2, 0) is 11.2 Å². The van der Waals surface area contributed by atoms with Gasteiger partial charge in [-0.15, -0.1) is 0 Å². The van der Waals surface area contributed by atoms with Crippen LogP contribution in [0.4, 0.5) is 0 Å². The van der Waals surface area contributed by atoms with Gasteiger partial charge in [-0.2, -0.15) is 0 Å². The summed E-state index contributed by atoms with van der Waals surface area (Å²) in [6.07, 6.45) is 5.56. The van der Waals surface area contributed by atoms with Crippen LogP contribution < -0.4 is 9.47 Å². The highest BCUT2D eigenvalue weighted by Gasteiger charge is 2.29. The molecule has 0 bridgehead atoms. The average molecular weight is 316 g/mol. The lowest BCUT2D eigenvalue weighted by molar-refractivity contribution is -0.107. The van der Waals surface area contributed by atoms with Crippen molar-refractivity contribution in [1.29, 1.82) is 0 Å². The molecule has 1 aliphatic heterocycles. The molecule has 1 aromatic carbocycles. The van der Waals surface area contributed by atoms with Crippen molar-refractivity contribution >= 4 is 11.9 Å². The van der Waals surface area contributed by atoms with Crippen molar-refractivity contribution in [3.05, 3.63) is 29.3 Å². The molecule has 3 nitrogen and oxygen atoms in total. The molecular weight excluding hydrogens is 288 g/mol. The zero-order valence-corrected chi connectivity index (χ0v) is 14.9. The van der Waals surface area contributed by atoms with E-state index in [-0.39, 0.29) is 5.60 Å². The van der Waals surface area contributed by atoms with Crippen molar-refractivity contribution in [1.82, 2.24) is 0 Å². The molecule has 126 valence electrons. The molecule has 0 unspecified atom stereocenters. The minimum absolute atomic E-state index is 0.334. The predicted molar refractivity (Wildman–Crippen MR) is 94.1 cm³/mol. The monoisotopic (exact) mass is 316 g/mol. The highest BCUT2D eigenvalue weighted by molar-refractivity contribution is 5.77. The molecule has 0 N–H and O–H groups in total. The summed E-state index contributed by atoms with van der Waals surface area (Å²) in [6, 6.07) is 4.02. The molecular formula is C20H28O3. The number of hydrogen-bond acceptors (Lipinski definition) is 3. The number of aldehydes is 1. The van der Waals surface area contributed by atoms with Crippen LogP contribution in [0.25, 0.3) is 5.57 Å². The Morgan fingerprint density at radius 1 is 1.30 bits per heavy atom. The molecule has 0 atom stereocenters. The summed E-state index contributed by atoms with van der Waals surface area (Å²) < 4.78 is 12.0. The van der Waals surface area contributed by atoms with Crippen molar-refractivity contribution in [3.63, 3.8) is 0 Å². The van der Waals surface area contributed by atoms with Gasteiger partial charge in [0, 0.05) is 23.6 Å². The number of carbonyl (C=O) groups is 1. The smallest absolute Gasteiger partial charge is 0.131 e. The number of ether oxygens (including phenoxy) is 2. The molecule has 0 radical (unpaired) electrons. The van der Waals surface area contributed by atoms with Crippen molar-refractivity contribution in [2.75, 3.05) is 6.61 Å². The predicted octanol–water partition coefficient (Wildman–Crippen LogP) is 4.82. The molecule has 0 aliphatic carbocycles. The fourth-order valence-corrected chi connectivity index (χ4v) is 2.87. The SMILES string of the molecule is CCCCOc1cc2c(cc1CC=O)C(C(C)C)=CC(C)(C)O2. The second kappa shape index (κ2) is 7.20. The lowest BCUT2D eigenvalue weighted by Crippen LogP contribution is -2.30. The maximum Gasteiger partial charge on any atom is 0.131 e. The number of benzene rings is 1. The molecule has 0 aromatic heterocycles. The lowest BCUT2D eigenvalue weighted by atomic mass is 9.87. The Balaban J connectivity index is 2.46. The maximum atomic E-state index is 11.0. The average Bonchev–Trinajstić information content (AvgIpc) is 2.47. The molecule has 0 saturated heterocycles. The summed E-state index contributed by atoms with van der Waals surface area (Å²) in [6.45, 7) is 11.3. The molecule has 0 saturated carbocycles. The second-order valence-corrected chi connectivity index (χ2v) is 6.99. The van der Waals surface area contributed by atoms with Crippen LogP contribution >= 0.6 is 0 Å². The van der Waals surface area contributed by atoms with Gasteiger partial charge in [-0.25, -0.2) is 0 Å². The molecule has 1 aromatic rings. The molecule has 1 heterocycles. The number of unbranched alkanes of at least 4 members (excludes halogenated alkanes) is 1. The minimum Gasteiger partial charge on any atom is -0.493 e. The third kappa shape index (κ3) is 4.15. The van der Waals surface area contributed by atoms with E-state index in [4.69, 9.17) is 9.47 Å². The van der Waals surface area contributed by atoms with E-state index in [9.17, 15) is 4.79 Å². The van der Waals surface area contributed by atoms with E-state index in [1.807, 2.05) is 6.07 Å². The first kappa shape index (κ1) is 17.6. The second-order valence-electron chi connectivity index (χ2n) is 6.99. The van der Waals surface area contributed by atoms with Gasteiger partial charge in [0.05, 0.1) is 6.61 Å². The van der Waals surface area contributed by atoms with Crippen LogP contribution in [0.1, 0.15) is 58.6 Å². The summed E-state index contributed by atoms with van der Waals surface area (Å²) in [5, 5.41) is 0. The first-order valence-electron chi connectivity index (χ1n) is 8.53. The van der Waals surface area contributed by atoms with Gasteiger partial charge in [0.2, 0.25) is 0 Å². The first-order chi connectivity index (χ1) is 10.9. The van der Waals surface area contributed by atoms with Gasteiger partial charge in [-0.3, -0.25) is 0 Å². The highest BCUT2D eigenvalue weighted by atomic mass is 16.5. The van der Waals surface area contributed by atoms with Crippen LogP contribution in [0.2, 0.25) is 0 Å². The number of allylic oxidation sites excluding steroid dienone is 1. The van der Waals surface area contributed by atoms with E-state index >= 15 is 0 Å². The topological polar surface area (TPSA) is 35.5 Å². The number of fused-ring (bicyclic) bond motifs is 1. The van der Waals surface area contributed by atoms with Crippen LogP contribution in [0.15, 0.2) is 18.2 Å². The van der Waals surface area contributed by atoms with Gasteiger partial charge in [0.15, 0.2) is 0 Å². The van der Waals surface area contributed by atoms with E-state index in [1.165, 1.54) is 5.57 Å². The Morgan fingerprint density at radius 3 is 2.65 bits per heavy atom. The van der Waals surface area contributed by atoms with Crippen LogP contribution in [0.5, 0.6) is 11.5 Å². The fourth-order valence-electron chi connectivity index (χ4n) is 2.87. The first-order valence-corrected chi connectivity index (χ1v) is 8.53. The van der Waals surface area contributed by atoms with E-state index in [0.29, 0.717) is 18.9 Å². The van der Waals surface area contributed by atoms with E-state index in [0.717, 1.165) is 41.8 Å². The molecule has 0 spiro atoms. The zero-order valence-electron chi connectivity index (χ0n) is 14.9. The summed E-state index contributed by atoms with van der Waals surface area (Å²) in [7, 11) is 0. The number of rotatable bonds is 7. The molecule has 0 amide bonds. The Kier molecular flexibility index (Phi) is 5.51. The lowest BCUT2D eigenvalue weighted by Gasteiger charge is -2.33. The van der Waals surface area contributed by atoms with Crippen molar-refractivity contribution in [2.45, 2.75) is 59.5 Å². The third-order valence-electron chi connectivity index (χ3n) is 4.03. The van der Waals surface area contributed by atoms with Crippen LogP contribution in [-0.4, -0.2) is 18.5 Å². The van der Waals surface area contributed by atoms with E-state index in [1.54, 1.807) is 0 Å². The van der Waals surface area contributed by atoms with Crippen molar-refractivity contribution in [3.8, 4) is 11.5 Å². The minimum atomic E-state index is -0.334. The zero-order chi connectivity index (χ0) is 17.0. The number of carbonyl (C=O) groups excluding carboxylic acids is 1. The van der Waals surface area contributed by atoms with E-state index < -0.39 is 0 Å². The van der Waals surface area contributed by atoms with Gasteiger partial charge in [0.25, 0.3) is 0 Å². The maximum absolute atomic E-state index is 11.0. The van der Waals surface area contributed by atoms with Gasteiger partial charge in [-0.05, 0) is 43.9 Å². The fraction of sp³-hybridized carbons (Fsp3) is 0.550. The van der Waals surface area contributed by atoms with Crippen LogP contribution in [0.3, 0.4) is 0 Å². The molecule has 0 fully saturated rings. The Hall–Kier alpha value is -1.77. The number of hydrogen-bond donors (Lipinski definition) is 0. The van der Waals surface area contributed by atoms with Crippen molar-refractivity contribution < 1.29 is 14.3 Å². The Morgan fingerprint density at radius 2 is 2.04 bits per heavy atom.